The first-order chi connectivity index (χ1) is 10.7. The van der Waals surface area contributed by atoms with Crippen LogP contribution in [0.2, 0.25) is 0 Å². The molecule has 5 nitrogen and oxygen atoms in total. The van der Waals surface area contributed by atoms with Crippen LogP contribution in [-0.4, -0.2) is 49.1 Å². The minimum Gasteiger partial charge on any atom is -0.480 e. The van der Waals surface area contributed by atoms with Gasteiger partial charge in [-0.1, -0.05) is 6.92 Å². The van der Waals surface area contributed by atoms with Gasteiger partial charge in [0.15, 0.2) is 0 Å². The summed E-state index contributed by atoms with van der Waals surface area (Å²) in [4.78, 5) is 18.7. The molecule has 0 bridgehead atoms. The number of amides is 1. The number of nitrogens with zero attached hydrogens (tertiary/aromatic N) is 2. The third-order valence-electron chi connectivity index (χ3n) is 4.14. The van der Waals surface area contributed by atoms with Gasteiger partial charge in [-0.25, -0.2) is 4.98 Å². The molecule has 22 heavy (non-hydrogen) atoms. The highest BCUT2D eigenvalue weighted by Gasteiger charge is 2.15. The third-order valence-corrected chi connectivity index (χ3v) is 4.14. The van der Waals surface area contributed by atoms with Crippen LogP contribution in [0.4, 0.5) is 0 Å². The molecule has 1 aromatic rings. The van der Waals surface area contributed by atoms with Crippen molar-refractivity contribution in [3.05, 3.63) is 23.9 Å². The zero-order chi connectivity index (χ0) is 15.8. The van der Waals surface area contributed by atoms with Crippen LogP contribution in [0.1, 0.15) is 43.0 Å². The number of rotatable bonds is 7. The first-order valence-corrected chi connectivity index (χ1v) is 8.20. The number of hydrogen-bond acceptors (Lipinski definition) is 4. The minimum atomic E-state index is -0.114. The van der Waals surface area contributed by atoms with Crippen LogP contribution >= 0.6 is 0 Å². The van der Waals surface area contributed by atoms with Crippen LogP contribution in [-0.2, 0) is 0 Å². The van der Waals surface area contributed by atoms with Gasteiger partial charge < -0.3 is 15.0 Å². The molecule has 1 amide bonds. The number of methoxy groups -OCH3 is 1. The van der Waals surface area contributed by atoms with Crippen LogP contribution in [0, 0.1) is 5.92 Å². The highest BCUT2D eigenvalue weighted by molar-refractivity contribution is 5.96. The van der Waals surface area contributed by atoms with Gasteiger partial charge in [-0.15, -0.1) is 0 Å². The molecular weight excluding hydrogens is 278 g/mol. The minimum absolute atomic E-state index is 0.114. The Morgan fingerprint density at radius 1 is 1.50 bits per heavy atom. The van der Waals surface area contributed by atoms with Gasteiger partial charge in [0.2, 0.25) is 5.88 Å². The van der Waals surface area contributed by atoms with E-state index in [1.165, 1.54) is 33.0 Å². The van der Waals surface area contributed by atoms with Crippen molar-refractivity contribution in [3.8, 4) is 5.88 Å². The number of hydrogen-bond donors (Lipinski definition) is 1. The van der Waals surface area contributed by atoms with E-state index in [1.807, 2.05) is 0 Å². The Morgan fingerprint density at radius 3 is 3.14 bits per heavy atom. The zero-order valence-electron chi connectivity index (χ0n) is 13.7. The van der Waals surface area contributed by atoms with Gasteiger partial charge in [0, 0.05) is 19.3 Å². The van der Waals surface area contributed by atoms with Crippen LogP contribution in [0.25, 0.3) is 0 Å². The number of aromatic nitrogens is 1. The van der Waals surface area contributed by atoms with Gasteiger partial charge in [0.1, 0.15) is 5.56 Å². The SMILES string of the molecule is COc1ncccc1C(=O)NCCCCN1CCCC(C)C1. The van der Waals surface area contributed by atoms with Crippen LogP contribution in [0.5, 0.6) is 5.88 Å². The van der Waals surface area contributed by atoms with E-state index in [1.54, 1.807) is 18.3 Å². The number of pyridine rings is 1. The van der Waals surface area contributed by atoms with Crippen molar-refractivity contribution in [1.29, 1.82) is 0 Å². The Hall–Kier alpha value is -1.62. The van der Waals surface area contributed by atoms with E-state index in [-0.39, 0.29) is 5.91 Å². The van der Waals surface area contributed by atoms with E-state index < -0.39 is 0 Å². The highest BCUT2D eigenvalue weighted by Crippen LogP contribution is 2.16. The van der Waals surface area contributed by atoms with E-state index in [0.29, 0.717) is 18.0 Å². The molecule has 1 atom stereocenters. The summed E-state index contributed by atoms with van der Waals surface area (Å²) in [5.74, 6) is 1.09. The lowest BCUT2D eigenvalue weighted by atomic mass is 10.0. The smallest absolute Gasteiger partial charge is 0.256 e. The van der Waals surface area contributed by atoms with E-state index in [9.17, 15) is 4.79 Å². The van der Waals surface area contributed by atoms with Gasteiger partial charge in [-0.2, -0.15) is 0 Å². The quantitative estimate of drug-likeness (QED) is 0.786. The molecule has 1 saturated heterocycles. The van der Waals surface area contributed by atoms with Crippen LogP contribution in [0.3, 0.4) is 0 Å². The number of likely N-dealkylation sites (tertiary alicyclic amines) is 1. The molecule has 1 aliphatic rings. The molecule has 1 aromatic heterocycles. The van der Waals surface area contributed by atoms with E-state index in [4.69, 9.17) is 4.74 Å². The first kappa shape index (κ1) is 16.7. The molecule has 1 N–H and O–H groups in total. The highest BCUT2D eigenvalue weighted by atomic mass is 16.5. The standard InChI is InChI=1S/C17H27N3O2/c1-14-7-6-12-20(13-14)11-4-3-9-18-16(21)15-8-5-10-19-17(15)22-2/h5,8,10,14H,3-4,6-7,9,11-13H2,1-2H3,(H,18,21). The molecule has 122 valence electrons. The molecule has 0 aromatic carbocycles. The maximum atomic E-state index is 12.1. The van der Waals surface area contributed by atoms with E-state index >= 15 is 0 Å². The van der Waals surface area contributed by atoms with Crippen molar-refractivity contribution < 1.29 is 9.53 Å². The van der Waals surface area contributed by atoms with Crippen molar-refractivity contribution in [3.63, 3.8) is 0 Å². The molecule has 2 rings (SSSR count). The number of carbonyl (C=O) groups is 1. The fourth-order valence-corrected chi connectivity index (χ4v) is 2.97. The number of unbranched alkanes of at least 4 members (excludes halogenated alkanes) is 1. The Balaban J connectivity index is 1.65. The average Bonchev–Trinajstić information content (AvgIpc) is 2.54. The molecular formula is C17H27N3O2. The van der Waals surface area contributed by atoms with Gasteiger partial charge in [0.05, 0.1) is 7.11 Å². The summed E-state index contributed by atoms with van der Waals surface area (Å²) in [6, 6.07) is 3.48. The number of piperidine rings is 1. The Bertz CT molecular complexity index is 479. The maximum Gasteiger partial charge on any atom is 0.256 e. The average molecular weight is 305 g/mol. The molecule has 5 heteroatoms. The lowest BCUT2D eigenvalue weighted by Crippen LogP contribution is -2.35. The third kappa shape index (κ3) is 4.98. The van der Waals surface area contributed by atoms with Crippen molar-refractivity contribution in [2.45, 2.75) is 32.6 Å². The van der Waals surface area contributed by atoms with Crippen LogP contribution < -0.4 is 10.1 Å². The van der Waals surface area contributed by atoms with Gasteiger partial charge in [-0.05, 0) is 56.8 Å². The van der Waals surface area contributed by atoms with Crippen molar-refractivity contribution in [2.75, 3.05) is 33.3 Å². The molecule has 1 fully saturated rings. The number of carbonyl (C=O) groups excluding carboxylic acids is 1. The predicted molar refractivity (Wildman–Crippen MR) is 87.2 cm³/mol. The second-order valence-electron chi connectivity index (χ2n) is 6.07. The molecule has 1 unspecified atom stereocenters. The Morgan fingerprint density at radius 2 is 2.36 bits per heavy atom. The summed E-state index contributed by atoms with van der Waals surface area (Å²) in [5.41, 5.74) is 0.495. The van der Waals surface area contributed by atoms with Gasteiger partial charge in [0.25, 0.3) is 5.91 Å². The Kier molecular flexibility index (Phi) is 6.65. The lowest BCUT2D eigenvalue weighted by molar-refractivity contribution is 0.0948. The normalized spacial score (nSPS) is 18.9. The summed E-state index contributed by atoms with van der Waals surface area (Å²) >= 11 is 0. The fourth-order valence-electron chi connectivity index (χ4n) is 2.97. The fraction of sp³-hybridized carbons (Fsp3) is 0.647. The summed E-state index contributed by atoms with van der Waals surface area (Å²) in [6.45, 7) is 6.60. The van der Waals surface area contributed by atoms with Crippen molar-refractivity contribution in [1.82, 2.24) is 15.2 Å². The summed E-state index contributed by atoms with van der Waals surface area (Å²) in [5, 5.41) is 2.94. The second kappa shape index (κ2) is 8.73. The van der Waals surface area contributed by atoms with Crippen molar-refractivity contribution >= 4 is 5.91 Å². The monoisotopic (exact) mass is 305 g/mol. The lowest BCUT2D eigenvalue weighted by Gasteiger charge is -2.30. The maximum absolute atomic E-state index is 12.1. The summed E-state index contributed by atoms with van der Waals surface area (Å²) in [6.07, 6.45) is 6.42. The largest absolute Gasteiger partial charge is 0.480 e. The summed E-state index contributed by atoms with van der Waals surface area (Å²) < 4.78 is 5.10. The number of nitrogens with one attached hydrogen (secondary N) is 1. The van der Waals surface area contributed by atoms with Crippen LogP contribution in [0.15, 0.2) is 18.3 Å². The molecule has 0 aliphatic carbocycles. The Labute approximate surface area is 133 Å². The van der Waals surface area contributed by atoms with E-state index in [2.05, 4.69) is 22.1 Å². The molecule has 0 saturated carbocycles. The van der Waals surface area contributed by atoms with Gasteiger partial charge >= 0.3 is 0 Å². The molecule has 2 heterocycles. The first-order valence-electron chi connectivity index (χ1n) is 8.20. The zero-order valence-corrected chi connectivity index (χ0v) is 13.7. The van der Waals surface area contributed by atoms with Crippen molar-refractivity contribution in [2.24, 2.45) is 5.92 Å². The topological polar surface area (TPSA) is 54.5 Å². The summed E-state index contributed by atoms with van der Waals surface area (Å²) in [7, 11) is 1.53. The number of ether oxygens (including phenoxy) is 1. The predicted octanol–water partition coefficient (Wildman–Crippen LogP) is 2.33. The molecule has 1 aliphatic heterocycles. The molecule has 0 spiro atoms. The van der Waals surface area contributed by atoms with Gasteiger partial charge in [-0.3, -0.25) is 4.79 Å². The second-order valence-corrected chi connectivity index (χ2v) is 6.07. The van der Waals surface area contributed by atoms with E-state index in [0.717, 1.165) is 25.3 Å². The molecule has 0 radical (unpaired) electrons.